The molecule has 1 fully saturated rings. The van der Waals surface area contributed by atoms with E-state index in [1.54, 1.807) is 6.07 Å². The first-order valence-electron chi connectivity index (χ1n) is 5.75. The van der Waals surface area contributed by atoms with Crippen molar-refractivity contribution in [2.45, 2.75) is 0 Å². The largest absolute Gasteiger partial charge is 0.383 e. The van der Waals surface area contributed by atoms with Crippen LogP contribution in [-0.2, 0) is 4.74 Å². The summed E-state index contributed by atoms with van der Waals surface area (Å²) in [6.07, 6.45) is 0. The molecule has 0 aromatic heterocycles. The van der Waals surface area contributed by atoms with E-state index in [1.165, 1.54) is 12.1 Å². The molecule has 0 radical (unpaired) electrons. The van der Waals surface area contributed by atoms with Crippen molar-refractivity contribution in [3.63, 3.8) is 0 Å². The van der Waals surface area contributed by atoms with Crippen molar-refractivity contribution < 1.29 is 9.13 Å². The predicted octanol–water partition coefficient (Wildman–Crippen LogP) is 2.17. The zero-order chi connectivity index (χ0) is 12.1. The van der Waals surface area contributed by atoms with Crippen molar-refractivity contribution in [1.82, 2.24) is 4.90 Å². The third-order valence-corrected chi connectivity index (χ3v) is 3.67. The van der Waals surface area contributed by atoms with Gasteiger partial charge in [-0.05, 0) is 40.8 Å². The number of rotatable bonds is 4. The smallest absolute Gasteiger partial charge is 0.124 e. The minimum absolute atomic E-state index is 0.187. The first-order valence-corrected chi connectivity index (χ1v) is 6.82. The van der Waals surface area contributed by atoms with Crippen molar-refractivity contribution in [2.24, 2.45) is 0 Å². The second-order valence-corrected chi connectivity index (χ2v) is 5.17. The first-order chi connectivity index (χ1) is 8.25. The normalized spacial score (nSPS) is 17.1. The summed E-state index contributed by atoms with van der Waals surface area (Å²) in [6, 6.07) is 4.81. The van der Waals surface area contributed by atoms with Crippen LogP contribution in [0.3, 0.4) is 0 Å². The Morgan fingerprint density at radius 1 is 1.35 bits per heavy atom. The van der Waals surface area contributed by atoms with Gasteiger partial charge in [-0.1, -0.05) is 0 Å². The second-order valence-electron chi connectivity index (χ2n) is 4.00. The van der Waals surface area contributed by atoms with Crippen LogP contribution in [0.5, 0.6) is 0 Å². The summed E-state index contributed by atoms with van der Waals surface area (Å²) >= 11 is 2.14. The highest BCUT2D eigenvalue weighted by Gasteiger charge is 2.09. The molecule has 3 nitrogen and oxygen atoms in total. The lowest BCUT2D eigenvalue weighted by Gasteiger charge is -2.26. The fraction of sp³-hybridized carbons (Fsp3) is 0.500. The molecule has 17 heavy (non-hydrogen) atoms. The van der Waals surface area contributed by atoms with E-state index in [4.69, 9.17) is 4.74 Å². The monoisotopic (exact) mass is 350 g/mol. The zero-order valence-electron chi connectivity index (χ0n) is 9.59. The number of ether oxygens (including phenoxy) is 1. The molecule has 0 saturated carbocycles. The van der Waals surface area contributed by atoms with Crippen molar-refractivity contribution in [2.75, 3.05) is 44.7 Å². The third-order valence-electron chi connectivity index (χ3n) is 2.78. The number of morpholine rings is 1. The Labute approximate surface area is 114 Å². The molecule has 1 aromatic rings. The highest BCUT2D eigenvalue weighted by molar-refractivity contribution is 14.1. The summed E-state index contributed by atoms with van der Waals surface area (Å²) in [7, 11) is 0. The zero-order valence-corrected chi connectivity index (χ0v) is 11.7. The van der Waals surface area contributed by atoms with Gasteiger partial charge in [0.25, 0.3) is 0 Å². The molecule has 1 aliphatic heterocycles. The number of anilines is 1. The van der Waals surface area contributed by atoms with Crippen molar-refractivity contribution in [1.29, 1.82) is 0 Å². The van der Waals surface area contributed by atoms with E-state index in [9.17, 15) is 4.39 Å². The molecule has 1 aromatic carbocycles. The van der Waals surface area contributed by atoms with Gasteiger partial charge in [0.15, 0.2) is 0 Å². The van der Waals surface area contributed by atoms with Crippen LogP contribution in [0, 0.1) is 9.39 Å². The van der Waals surface area contributed by atoms with Crippen LogP contribution in [0.4, 0.5) is 10.1 Å². The van der Waals surface area contributed by atoms with E-state index >= 15 is 0 Å². The van der Waals surface area contributed by atoms with Crippen LogP contribution < -0.4 is 5.32 Å². The quantitative estimate of drug-likeness (QED) is 0.843. The van der Waals surface area contributed by atoms with E-state index < -0.39 is 0 Å². The molecule has 1 saturated heterocycles. The predicted molar refractivity (Wildman–Crippen MR) is 74.9 cm³/mol. The van der Waals surface area contributed by atoms with Crippen molar-refractivity contribution in [3.8, 4) is 0 Å². The number of hydrogen-bond acceptors (Lipinski definition) is 3. The summed E-state index contributed by atoms with van der Waals surface area (Å²) in [5.41, 5.74) is 1.00. The molecule has 0 aliphatic carbocycles. The van der Waals surface area contributed by atoms with Gasteiger partial charge in [-0.25, -0.2) is 4.39 Å². The summed E-state index contributed by atoms with van der Waals surface area (Å²) in [5, 5.41) is 3.33. The minimum Gasteiger partial charge on any atom is -0.383 e. The van der Waals surface area contributed by atoms with Gasteiger partial charge in [0, 0.05) is 35.4 Å². The van der Waals surface area contributed by atoms with E-state index in [0.29, 0.717) is 0 Å². The van der Waals surface area contributed by atoms with Gasteiger partial charge in [0.05, 0.1) is 13.2 Å². The molecular formula is C12H16FIN2O. The highest BCUT2D eigenvalue weighted by atomic mass is 127. The Bertz CT molecular complexity index is 370. The van der Waals surface area contributed by atoms with Gasteiger partial charge in [-0.2, -0.15) is 0 Å². The Morgan fingerprint density at radius 3 is 2.82 bits per heavy atom. The molecule has 0 spiro atoms. The van der Waals surface area contributed by atoms with Gasteiger partial charge < -0.3 is 10.1 Å². The van der Waals surface area contributed by atoms with Crippen LogP contribution in [0.1, 0.15) is 0 Å². The topological polar surface area (TPSA) is 24.5 Å². The maximum Gasteiger partial charge on any atom is 0.124 e. The summed E-state index contributed by atoms with van der Waals surface area (Å²) in [4.78, 5) is 2.37. The molecule has 5 heteroatoms. The highest BCUT2D eigenvalue weighted by Crippen LogP contribution is 2.18. The maximum absolute atomic E-state index is 12.9. The molecule has 1 N–H and O–H groups in total. The molecule has 1 aliphatic rings. The first kappa shape index (κ1) is 13.0. The second kappa shape index (κ2) is 6.51. The molecule has 0 bridgehead atoms. The van der Waals surface area contributed by atoms with Crippen LogP contribution in [-0.4, -0.2) is 44.3 Å². The lowest BCUT2D eigenvalue weighted by Crippen LogP contribution is -2.39. The van der Waals surface area contributed by atoms with Gasteiger partial charge in [0.2, 0.25) is 0 Å². The van der Waals surface area contributed by atoms with E-state index in [-0.39, 0.29) is 5.82 Å². The van der Waals surface area contributed by atoms with Crippen LogP contribution in [0.15, 0.2) is 18.2 Å². The molecule has 0 atom stereocenters. The fourth-order valence-electron chi connectivity index (χ4n) is 1.81. The number of benzene rings is 1. The van der Waals surface area contributed by atoms with Crippen LogP contribution in [0.2, 0.25) is 0 Å². The SMILES string of the molecule is Fc1ccc(NCCN2CCOCC2)c(I)c1. The molecular weight excluding hydrogens is 334 g/mol. The standard InChI is InChI=1S/C12H16FIN2O/c13-10-1-2-12(11(14)9-10)15-3-4-16-5-7-17-8-6-16/h1-2,9,15H,3-8H2. The maximum atomic E-state index is 12.9. The Balaban J connectivity index is 1.77. The minimum atomic E-state index is -0.187. The molecule has 0 unspecified atom stereocenters. The average molecular weight is 350 g/mol. The van der Waals surface area contributed by atoms with Gasteiger partial charge in [-0.3, -0.25) is 4.90 Å². The van der Waals surface area contributed by atoms with Gasteiger partial charge in [0.1, 0.15) is 5.82 Å². The Morgan fingerprint density at radius 2 is 2.12 bits per heavy atom. The number of nitrogens with zero attached hydrogens (tertiary/aromatic N) is 1. The van der Waals surface area contributed by atoms with E-state index in [1.807, 2.05) is 0 Å². The number of hydrogen-bond donors (Lipinski definition) is 1. The average Bonchev–Trinajstić information content (AvgIpc) is 2.33. The summed E-state index contributed by atoms with van der Waals surface area (Å²) in [5.74, 6) is -0.187. The van der Waals surface area contributed by atoms with Crippen LogP contribution in [0.25, 0.3) is 0 Å². The summed E-state index contributed by atoms with van der Waals surface area (Å²) < 4.78 is 19.1. The molecule has 2 rings (SSSR count). The van der Waals surface area contributed by atoms with Gasteiger partial charge >= 0.3 is 0 Å². The lowest BCUT2D eigenvalue weighted by atomic mass is 10.3. The Kier molecular flexibility index (Phi) is 4.99. The van der Waals surface area contributed by atoms with Crippen molar-refractivity contribution >= 4 is 28.3 Å². The lowest BCUT2D eigenvalue weighted by molar-refractivity contribution is 0.0398. The molecule has 0 amide bonds. The third kappa shape index (κ3) is 4.08. The number of halogens is 2. The van der Waals surface area contributed by atoms with Crippen LogP contribution >= 0.6 is 22.6 Å². The van der Waals surface area contributed by atoms with Crippen molar-refractivity contribution in [3.05, 3.63) is 27.6 Å². The van der Waals surface area contributed by atoms with E-state index in [0.717, 1.165) is 48.7 Å². The molecule has 1 heterocycles. The number of nitrogens with one attached hydrogen (secondary N) is 1. The van der Waals surface area contributed by atoms with Gasteiger partial charge in [-0.15, -0.1) is 0 Å². The summed E-state index contributed by atoms with van der Waals surface area (Å²) in [6.45, 7) is 5.53. The molecule has 94 valence electrons. The fourth-order valence-corrected chi connectivity index (χ4v) is 2.47. The Hall–Kier alpha value is -0.400. The van der Waals surface area contributed by atoms with E-state index in [2.05, 4.69) is 32.8 Å².